The normalized spacial score (nSPS) is 12.1. The predicted octanol–water partition coefficient (Wildman–Crippen LogP) is 8.41. The molecule has 0 saturated carbocycles. The van der Waals surface area contributed by atoms with Crippen molar-refractivity contribution in [1.82, 2.24) is 9.13 Å². The van der Waals surface area contributed by atoms with E-state index in [0.717, 1.165) is 0 Å². The van der Waals surface area contributed by atoms with Crippen LogP contribution in [0.5, 0.6) is 0 Å². The van der Waals surface area contributed by atoms with Crippen molar-refractivity contribution in [1.29, 1.82) is 0 Å². The number of hydrogen-bond acceptors (Lipinski definition) is 0. The smallest absolute Gasteiger partial charge is 0.0524 e. The number of fused-ring (bicyclic) bond motifs is 7. The highest BCUT2D eigenvalue weighted by Crippen LogP contribution is 2.38. The highest BCUT2D eigenvalue weighted by molar-refractivity contribution is 6.14. The van der Waals surface area contributed by atoms with E-state index in [1.165, 1.54) is 76.6 Å². The van der Waals surface area contributed by atoms with E-state index in [-0.39, 0.29) is 0 Å². The molecular formula is C32H26N2. The van der Waals surface area contributed by atoms with E-state index in [4.69, 9.17) is 0 Å². The Balaban J connectivity index is 1.48. The molecule has 0 aliphatic heterocycles. The predicted molar refractivity (Wildman–Crippen MR) is 147 cm³/mol. The maximum atomic E-state index is 2.37. The van der Waals surface area contributed by atoms with Gasteiger partial charge in [-0.2, -0.15) is 0 Å². The molecular weight excluding hydrogens is 412 g/mol. The van der Waals surface area contributed by atoms with Gasteiger partial charge in [0, 0.05) is 46.7 Å². The summed E-state index contributed by atoms with van der Waals surface area (Å²) in [6, 6.07) is 31.5. The first-order valence-electron chi connectivity index (χ1n) is 11.9. The molecule has 2 aromatic heterocycles. The monoisotopic (exact) mass is 438 g/mol. The maximum absolute atomic E-state index is 2.37. The number of nitrogens with zero attached hydrogens (tertiary/aromatic N) is 2. The molecule has 7 rings (SSSR count). The molecule has 5 aromatic carbocycles. The minimum absolute atomic E-state index is 1.27. The topological polar surface area (TPSA) is 9.86 Å². The molecule has 0 fully saturated rings. The van der Waals surface area contributed by atoms with Crippen molar-refractivity contribution in [3.8, 4) is 11.1 Å². The third-order valence-corrected chi connectivity index (χ3v) is 7.81. The van der Waals surface area contributed by atoms with Gasteiger partial charge in [0.25, 0.3) is 0 Å². The third-order valence-electron chi connectivity index (χ3n) is 7.81. The van der Waals surface area contributed by atoms with Crippen molar-refractivity contribution in [2.45, 2.75) is 13.8 Å². The summed E-state index contributed by atoms with van der Waals surface area (Å²) in [6.07, 6.45) is 0. The van der Waals surface area contributed by atoms with Gasteiger partial charge in [-0.1, -0.05) is 60.7 Å². The largest absolute Gasteiger partial charge is 0.344 e. The lowest BCUT2D eigenvalue weighted by molar-refractivity contribution is 1.00. The van der Waals surface area contributed by atoms with Crippen LogP contribution in [-0.2, 0) is 14.1 Å². The molecule has 0 atom stereocenters. The third kappa shape index (κ3) is 2.46. The van der Waals surface area contributed by atoms with E-state index in [0.29, 0.717) is 0 Å². The lowest BCUT2D eigenvalue weighted by Gasteiger charge is -2.11. The fourth-order valence-electron chi connectivity index (χ4n) is 6.17. The molecule has 0 bridgehead atoms. The van der Waals surface area contributed by atoms with Gasteiger partial charge in [-0.25, -0.2) is 0 Å². The minimum atomic E-state index is 1.27. The van der Waals surface area contributed by atoms with Crippen LogP contribution in [0.3, 0.4) is 0 Å². The Morgan fingerprint density at radius 2 is 1.32 bits per heavy atom. The zero-order valence-electron chi connectivity index (χ0n) is 20.0. The number of aromatic nitrogens is 2. The summed E-state index contributed by atoms with van der Waals surface area (Å²) in [5.74, 6) is 0. The average molecular weight is 439 g/mol. The van der Waals surface area contributed by atoms with E-state index in [2.05, 4.69) is 122 Å². The van der Waals surface area contributed by atoms with Crippen LogP contribution < -0.4 is 0 Å². The number of para-hydroxylation sites is 2. The molecule has 0 aliphatic rings. The van der Waals surface area contributed by atoms with Crippen LogP contribution in [0.4, 0.5) is 0 Å². The van der Waals surface area contributed by atoms with E-state index in [1.807, 2.05) is 0 Å². The van der Waals surface area contributed by atoms with Gasteiger partial charge >= 0.3 is 0 Å². The lowest BCUT2D eigenvalue weighted by Crippen LogP contribution is -1.93. The van der Waals surface area contributed by atoms with Crippen LogP contribution in [-0.4, -0.2) is 9.13 Å². The van der Waals surface area contributed by atoms with Gasteiger partial charge in [0.05, 0.1) is 11.0 Å². The number of hydrogen-bond donors (Lipinski definition) is 0. The summed E-state index contributed by atoms with van der Waals surface area (Å²) in [6.45, 7) is 4.47. The van der Waals surface area contributed by atoms with Crippen LogP contribution in [0, 0.1) is 13.8 Å². The van der Waals surface area contributed by atoms with Crippen molar-refractivity contribution >= 4 is 54.4 Å². The SMILES string of the molecule is Cc1cccc2c3ccc(-c4ccc5cc6c7ccccc7n(C)c6cc5c4)c(C)c3n(C)c12. The highest BCUT2D eigenvalue weighted by Gasteiger charge is 2.15. The van der Waals surface area contributed by atoms with Crippen molar-refractivity contribution in [3.63, 3.8) is 0 Å². The molecule has 2 nitrogen and oxygen atoms in total. The second-order valence-corrected chi connectivity index (χ2v) is 9.67. The molecule has 0 unspecified atom stereocenters. The number of rotatable bonds is 1. The van der Waals surface area contributed by atoms with Crippen molar-refractivity contribution in [2.24, 2.45) is 14.1 Å². The van der Waals surface area contributed by atoms with Crippen LogP contribution >= 0.6 is 0 Å². The fraction of sp³-hybridized carbons (Fsp3) is 0.125. The Hall–Kier alpha value is -4.04. The van der Waals surface area contributed by atoms with Gasteiger partial charge in [0.2, 0.25) is 0 Å². The molecule has 0 aliphatic carbocycles. The van der Waals surface area contributed by atoms with E-state index in [1.54, 1.807) is 0 Å². The van der Waals surface area contributed by atoms with Crippen molar-refractivity contribution in [2.75, 3.05) is 0 Å². The van der Waals surface area contributed by atoms with Gasteiger partial charge in [-0.15, -0.1) is 0 Å². The Morgan fingerprint density at radius 1 is 0.529 bits per heavy atom. The Bertz CT molecular complexity index is 1950. The zero-order valence-corrected chi connectivity index (χ0v) is 20.0. The molecule has 0 amide bonds. The molecule has 7 aromatic rings. The molecule has 34 heavy (non-hydrogen) atoms. The second kappa shape index (κ2) is 6.74. The summed E-state index contributed by atoms with van der Waals surface area (Å²) in [4.78, 5) is 0. The second-order valence-electron chi connectivity index (χ2n) is 9.67. The van der Waals surface area contributed by atoms with Crippen molar-refractivity contribution in [3.05, 3.63) is 96.1 Å². The lowest BCUT2D eigenvalue weighted by atomic mass is 9.95. The van der Waals surface area contributed by atoms with E-state index < -0.39 is 0 Å². The first-order chi connectivity index (χ1) is 16.5. The maximum Gasteiger partial charge on any atom is 0.0524 e. The molecule has 0 saturated heterocycles. The summed E-state index contributed by atoms with van der Waals surface area (Å²) in [7, 11) is 4.37. The highest BCUT2D eigenvalue weighted by atomic mass is 14.9. The Labute approximate surface area is 198 Å². The average Bonchev–Trinajstić information content (AvgIpc) is 3.30. The van der Waals surface area contributed by atoms with E-state index >= 15 is 0 Å². The molecule has 0 N–H and O–H groups in total. The van der Waals surface area contributed by atoms with Gasteiger partial charge in [0.15, 0.2) is 0 Å². The van der Waals surface area contributed by atoms with Gasteiger partial charge in [-0.3, -0.25) is 0 Å². The van der Waals surface area contributed by atoms with Gasteiger partial charge < -0.3 is 9.13 Å². The Kier molecular flexibility index (Phi) is 3.85. The quantitative estimate of drug-likeness (QED) is 0.243. The molecule has 2 heteroatoms. The fourth-order valence-corrected chi connectivity index (χ4v) is 6.17. The molecule has 0 spiro atoms. The summed E-state index contributed by atoms with van der Waals surface area (Å²) >= 11 is 0. The number of aryl methyl sites for hydroxylation is 4. The standard InChI is InChI=1S/C32H26N2/c1-19-8-7-10-26-27-15-14-24(20(2)32(27)34(4)31(19)26)22-13-12-21-17-28-25-9-5-6-11-29(25)33(3)30(28)18-23(21)16-22/h5-18H,1-4H3. The number of benzene rings is 5. The van der Waals surface area contributed by atoms with Gasteiger partial charge in [-0.05, 0) is 71.1 Å². The minimum Gasteiger partial charge on any atom is -0.344 e. The van der Waals surface area contributed by atoms with Gasteiger partial charge in [0.1, 0.15) is 0 Å². The van der Waals surface area contributed by atoms with Crippen LogP contribution in [0.15, 0.2) is 84.9 Å². The Morgan fingerprint density at radius 3 is 2.21 bits per heavy atom. The van der Waals surface area contributed by atoms with Crippen LogP contribution in [0.1, 0.15) is 11.1 Å². The van der Waals surface area contributed by atoms with E-state index in [9.17, 15) is 0 Å². The van der Waals surface area contributed by atoms with Crippen molar-refractivity contribution < 1.29 is 0 Å². The summed E-state index contributed by atoms with van der Waals surface area (Å²) < 4.78 is 4.69. The zero-order chi connectivity index (χ0) is 23.1. The molecule has 2 heterocycles. The van der Waals surface area contributed by atoms with Crippen LogP contribution in [0.2, 0.25) is 0 Å². The molecule has 0 radical (unpaired) electrons. The summed E-state index contributed by atoms with van der Waals surface area (Å²) in [5, 5.41) is 7.87. The molecule has 164 valence electrons. The summed E-state index contributed by atoms with van der Waals surface area (Å²) in [5.41, 5.74) is 10.4. The first kappa shape index (κ1) is 19.4. The van der Waals surface area contributed by atoms with Crippen LogP contribution in [0.25, 0.3) is 65.5 Å². The first-order valence-corrected chi connectivity index (χ1v) is 11.9.